The van der Waals surface area contributed by atoms with Gasteiger partial charge >= 0.3 is 0 Å². The first-order valence-corrected chi connectivity index (χ1v) is 7.71. The summed E-state index contributed by atoms with van der Waals surface area (Å²) in [6, 6.07) is 7.36. The number of hydrogen-bond donors (Lipinski definition) is 2. The second-order valence-electron chi connectivity index (χ2n) is 5.92. The lowest BCUT2D eigenvalue weighted by molar-refractivity contribution is -0.947. The van der Waals surface area contributed by atoms with Gasteiger partial charge in [0, 0.05) is 11.1 Å². The molecule has 0 spiro atoms. The van der Waals surface area contributed by atoms with E-state index in [1.165, 1.54) is 50.9 Å². The quantitative estimate of drug-likeness (QED) is 0.787. The Morgan fingerprint density at radius 3 is 2.68 bits per heavy atom. The smallest absolute Gasteiger partial charge is 0.163 e. The molecule has 3 nitrogen and oxygen atoms in total. The highest BCUT2D eigenvalue weighted by atomic mass is 16.5. The average molecular weight is 262 g/mol. The molecule has 0 radical (unpaired) electrons. The number of fused-ring (bicyclic) bond motifs is 1. The van der Waals surface area contributed by atoms with Crippen molar-refractivity contribution in [2.75, 3.05) is 26.7 Å². The zero-order valence-corrected chi connectivity index (χ0v) is 12.0. The molecule has 0 saturated carbocycles. The molecule has 0 aromatic heterocycles. The molecule has 1 atom stereocenters. The average Bonchev–Trinajstić information content (AvgIpc) is 2.75. The molecule has 0 unspecified atom stereocenters. The van der Waals surface area contributed by atoms with E-state index < -0.39 is 0 Å². The Labute approximate surface area is 115 Å². The van der Waals surface area contributed by atoms with Crippen LogP contribution >= 0.6 is 0 Å². The first kappa shape index (κ1) is 12.9. The predicted molar refractivity (Wildman–Crippen MR) is 75.4 cm³/mol. The summed E-state index contributed by atoms with van der Waals surface area (Å²) < 4.78 is 5.36. The van der Waals surface area contributed by atoms with Crippen LogP contribution in [0.25, 0.3) is 0 Å². The zero-order valence-electron chi connectivity index (χ0n) is 12.0. The van der Waals surface area contributed by atoms with Crippen LogP contribution in [0.5, 0.6) is 5.75 Å². The van der Waals surface area contributed by atoms with Crippen molar-refractivity contribution in [3.63, 3.8) is 0 Å². The Morgan fingerprint density at radius 1 is 1.16 bits per heavy atom. The molecule has 2 aliphatic rings. The lowest BCUT2D eigenvalue weighted by Crippen LogP contribution is -3.15. The molecule has 1 aromatic carbocycles. The van der Waals surface area contributed by atoms with Crippen molar-refractivity contribution in [2.24, 2.45) is 0 Å². The third-order valence-corrected chi connectivity index (χ3v) is 4.73. The molecule has 3 N–H and O–H groups in total. The Hall–Kier alpha value is -1.06. The van der Waals surface area contributed by atoms with Crippen molar-refractivity contribution >= 4 is 0 Å². The van der Waals surface area contributed by atoms with Crippen molar-refractivity contribution in [1.82, 2.24) is 0 Å². The number of hydrogen-bond acceptors (Lipinski definition) is 1. The second-order valence-corrected chi connectivity index (χ2v) is 5.92. The van der Waals surface area contributed by atoms with Crippen LogP contribution in [0.2, 0.25) is 0 Å². The molecule has 104 valence electrons. The summed E-state index contributed by atoms with van der Waals surface area (Å²) in [6.45, 7) is 5.05. The van der Waals surface area contributed by atoms with Gasteiger partial charge in [-0.3, -0.25) is 0 Å². The van der Waals surface area contributed by atoms with E-state index in [9.17, 15) is 0 Å². The molecule has 0 bridgehead atoms. The van der Waals surface area contributed by atoms with Gasteiger partial charge in [0.25, 0.3) is 0 Å². The fourth-order valence-corrected chi connectivity index (χ4v) is 3.68. The Morgan fingerprint density at radius 2 is 1.95 bits per heavy atom. The highest BCUT2D eigenvalue weighted by Crippen LogP contribution is 2.23. The first-order valence-electron chi connectivity index (χ1n) is 7.71. The molecular weight excluding hydrogens is 236 g/mol. The molecular formula is C16H26N2O+2. The van der Waals surface area contributed by atoms with Crippen molar-refractivity contribution in [2.45, 2.75) is 38.3 Å². The molecule has 1 fully saturated rings. The first-order chi connectivity index (χ1) is 9.38. The van der Waals surface area contributed by atoms with Gasteiger partial charge in [0.15, 0.2) is 6.04 Å². The van der Waals surface area contributed by atoms with Gasteiger partial charge in [-0.15, -0.1) is 0 Å². The summed E-state index contributed by atoms with van der Waals surface area (Å²) in [6.07, 6.45) is 5.65. The summed E-state index contributed by atoms with van der Waals surface area (Å²) in [4.78, 5) is 1.81. The maximum atomic E-state index is 5.36. The van der Waals surface area contributed by atoms with Crippen molar-refractivity contribution < 1.29 is 15.0 Å². The van der Waals surface area contributed by atoms with E-state index in [-0.39, 0.29) is 0 Å². The molecule has 3 rings (SSSR count). The SMILES string of the molecule is COc1ccc2c(c1)C[NH2+]C[C@@H]2[NH+]1CCCCCC1. The van der Waals surface area contributed by atoms with Crippen LogP contribution in [0.3, 0.4) is 0 Å². The number of nitrogens with two attached hydrogens (primary N) is 1. The highest BCUT2D eigenvalue weighted by Gasteiger charge is 2.31. The van der Waals surface area contributed by atoms with Crippen molar-refractivity contribution in [1.29, 1.82) is 0 Å². The van der Waals surface area contributed by atoms with Crippen LogP contribution in [0.4, 0.5) is 0 Å². The van der Waals surface area contributed by atoms with Gasteiger partial charge in [-0.1, -0.05) is 0 Å². The van der Waals surface area contributed by atoms with Gasteiger partial charge in [0.05, 0.1) is 20.2 Å². The van der Waals surface area contributed by atoms with Gasteiger partial charge in [0.2, 0.25) is 0 Å². The fourth-order valence-electron chi connectivity index (χ4n) is 3.68. The summed E-state index contributed by atoms with van der Waals surface area (Å²) in [5, 5.41) is 2.46. The van der Waals surface area contributed by atoms with E-state index >= 15 is 0 Å². The van der Waals surface area contributed by atoms with Crippen LogP contribution in [0.1, 0.15) is 42.9 Å². The van der Waals surface area contributed by atoms with Crippen LogP contribution in [-0.4, -0.2) is 26.7 Å². The van der Waals surface area contributed by atoms with Gasteiger partial charge in [-0.25, -0.2) is 0 Å². The van der Waals surface area contributed by atoms with Gasteiger partial charge < -0.3 is 15.0 Å². The van der Waals surface area contributed by atoms with Crippen molar-refractivity contribution in [3.05, 3.63) is 29.3 Å². The minimum atomic E-state index is 0.688. The van der Waals surface area contributed by atoms with E-state index in [1.807, 2.05) is 0 Å². The van der Waals surface area contributed by atoms with E-state index in [0.717, 1.165) is 12.3 Å². The van der Waals surface area contributed by atoms with Gasteiger partial charge in [-0.2, -0.15) is 0 Å². The van der Waals surface area contributed by atoms with Crippen LogP contribution in [-0.2, 0) is 6.54 Å². The third-order valence-electron chi connectivity index (χ3n) is 4.73. The highest BCUT2D eigenvalue weighted by molar-refractivity contribution is 5.37. The number of likely N-dealkylation sites (tertiary alicyclic amines) is 1. The number of quaternary nitrogens is 2. The maximum absolute atomic E-state index is 5.36. The molecule has 19 heavy (non-hydrogen) atoms. The Balaban J connectivity index is 1.84. The minimum absolute atomic E-state index is 0.688. The maximum Gasteiger partial charge on any atom is 0.163 e. The van der Waals surface area contributed by atoms with Crippen LogP contribution in [0.15, 0.2) is 18.2 Å². The molecule has 2 heterocycles. The topological polar surface area (TPSA) is 30.3 Å². The van der Waals surface area contributed by atoms with E-state index in [2.05, 4.69) is 23.5 Å². The summed E-state index contributed by atoms with van der Waals surface area (Å²) in [5.74, 6) is 0.999. The predicted octanol–water partition coefficient (Wildman–Crippen LogP) is 0.272. The number of nitrogens with one attached hydrogen (secondary N) is 1. The molecule has 0 amide bonds. The number of methoxy groups -OCH3 is 1. The summed E-state index contributed by atoms with van der Waals surface area (Å²) in [7, 11) is 1.76. The fraction of sp³-hybridized carbons (Fsp3) is 0.625. The van der Waals surface area contributed by atoms with Crippen LogP contribution in [0, 0.1) is 0 Å². The molecule has 1 aromatic rings. The summed E-state index contributed by atoms with van der Waals surface area (Å²) in [5.41, 5.74) is 3.05. The van der Waals surface area contributed by atoms with E-state index in [0.29, 0.717) is 6.04 Å². The monoisotopic (exact) mass is 262 g/mol. The lowest BCUT2D eigenvalue weighted by Gasteiger charge is -2.31. The largest absolute Gasteiger partial charge is 0.497 e. The Bertz CT molecular complexity index is 425. The molecule has 2 aliphatic heterocycles. The van der Waals surface area contributed by atoms with Gasteiger partial charge in [-0.05, 0) is 43.9 Å². The standard InChI is InChI=1S/C16H24N2O/c1-19-14-6-7-15-13(10-14)11-17-12-16(15)18-8-4-2-3-5-9-18/h6-7,10,16-17H,2-5,8-9,11-12H2,1H3/p+2/t16-/m0/s1. The molecule has 0 aliphatic carbocycles. The van der Waals surface area contributed by atoms with Gasteiger partial charge in [0.1, 0.15) is 18.8 Å². The minimum Gasteiger partial charge on any atom is -0.497 e. The molecule has 1 saturated heterocycles. The number of benzene rings is 1. The van der Waals surface area contributed by atoms with Crippen molar-refractivity contribution in [3.8, 4) is 5.75 Å². The van der Waals surface area contributed by atoms with E-state index in [4.69, 9.17) is 4.74 Å². The summed E-state index contributed by atoms with van der Waals surface area (Å²) >= 11 is 0. The van der Waals surface area contributed by atoms with Crippen LogP contribution < -0.4 is 15.0 Å². The molecule has 3 heteroatoms. The zero-order chi connectivity index (χ0) is 13.1. The second kappa shape index (κ2) is 5.93. The Kier molecular flexibility index (Phi) is 4.04. The lowest BCUT2D eigenvalue weighted by atomic mass is 9.95. The normalized spacial score (nSPS) is 24.6. The number of ether oxygens (including phenoxy) is 1. The number of rotatable bonds is 2. The third kappa shape index (κ3) is 2.77. The van der Waals surface area contributed by atoms with E-state index in [1.54, 1.807) is 17.6 Å².